The third-order valence-corrected chi connectivity index (χ3v) is 4.65. The lowest BCUT2D eigenvalue weighted by atomic mass is 9.87. The van der Waals surface area contributed by atoms with Gasteiger partial charge in [0.1, 0.15) is 0 Å². The molecule has 0 aliphatic heterocycles. The second-order valence-electron chi connectivity index (χ2n) is 6.77. The van der Waals surface area contributed by atoms with E-state index in [4.69, 9.17) is 0 Å². The van der Waals surface area contributed by atoms with Crippen molar-refractivity contribution in [2.45, 2.75) is 47.6 Å². The van der Waals surface area contributed by atoms with E-state index in [1.807, 2.05) is 4.98 Å². The maximum Gasteiger partial charge on any atom is 0.460 e. The second kappa shape index (κ2) is 7.29. The van der Waals surface area contributed by atoms with Gasteiger partial charge in [0.15, 0.2) is 0 Å². The Balaban J connectivity index is 2.70. The molecule has 1 aromatic heterocycles. The Labute approximate surface area is 175 Å². The monoisotopic (exact) mass is 535 g/mol. The molecule has 0 radical (unpaired) electrons. The van der Waals surface area contributed by atoms with Gasteiger partial charge in [0.25, 0.3) is 0 Å². The fourth-order valence-corrected chi connectivity index (χ4v) is 2.66. The number of benzene rings is 1. The van der Waals surface area contributed by atoms with Crippen LogP contribution in [-0.4, -0.2) is 46.7 Å². The first-order valence-electron chi connectivity index (χ1n) is 8.12. The van der Waals surface area contributed by atoms with E-state index < -0.39 is 64.1 Å². The van der Waals surface area contributed by atoms with Crippen LogP contribution < -0.4 is 0 Å². The zero-order chi connectivity index (χ0) is 27.0. The van der Waals surface area contributed by atoms with Crippen LogP contribution in [0.5, 0.6) is 0 Å². The van der Waals surface area contributed by atoms with Crippen molar-refractivity contribution in [1.82, 2.24) is 4.98 Å². The van der Waals surface area contributed by atoms with Crippen LogP contribution in [-0.2, 0) is 5.92 Å². The summed E-state index contributed by atoms with van der Waals surface area (Å²) in [6, 6.07) is 3.32. The van der Waals surface area contributed by atoms with Gasteiger partial charge in [-0.3, -0.25) is 0 Å². The molecule has 34 heavy (non-hydrogen) atoms. The zero-order valence-electron chi connectivity index (χ0n) is 15.3. The predicted octanol–water partition coefficient (Wildman–Crippen LogP) is 7.63. The number of aromatic nitrogens is 1. The Morgan fingerprint density at radius 2 is 0.853 bits per heavy atom. The van der Waals surface area contributed by atoms with Gasteiger partial charge in [-0.1, -0.05) is 18.2 Å². The highest BCUT2D eigenvalue weighted by Crippen LogP contribution is 2.65. The van der Waals surface area contributed by atoms with Crippen LogP contribution in [0, 0.1) is 0 Å². The van der Waals surface area contributed by atoms with E-state index in [9.17, 15) is 74.6 Å². The minimum Gasteiger partial charge on any atom is -0.361 e. The summed E-state index contributed by atoms with van der Waals surface area (Å²) in [5.74, 6) is -56.6. The van der Waals surface area contributed by atoms with E-state index in [1.54, 1.807) is 0 Å². The molecular weight excluding hydrogens is 529 g/mol. The zero-order valence-corrected chi connectivity index (χ0v) is 15.3. The highest BCUT2D eigenvalue weighted by molar-refractivity contribution is 5.84. The molecule has 2 rings (SSSR count). The van der Waals surface area contributed by atoms with Crippen molar-refractivity contribution in [2.75, 3.05) is 0 Å². The van der Waals surface area contributed by atoms with Crippen molar-refractivity contribution >= 4 is 10.9 Å². The summed E-state index contributed by atoms with van der Waals surface area (Å²) >= 11 is 0. The average molecular weight is 535 g/mol. The molecule has 0 fully saturated rings. The minimum atomic E-state index is -8.64. The van der Waals surface area contributed by atoms with E-state index in [-0.39, 0.29) is 6.20 Å². The highest BCUT2D eigenvalue weighted by atomic mass is 19.4. The van der Waals surface area contributed by atoms with Crippen LogP contribution in [0.15, 0.2) is 30.5 Å². The maximum absolute atomic E-state index is 14.3. The smallest absolute Gasteiger partial charge is 0.361 e. The van der Waals surface area contributed by atoms with Gasteiger partial charge in [-0.15, -0.1) is 0 Å². The predicted molar refractivity (Wildman–Crippen MR) is 77.9 cm³/mol. The molecule has 2 aromatic rings. The third kappa shape index (κ3) is 3.22. The fourth-order valence-electron chi connectivity index (χ4n) is 2.66. The van der Waals surface area contributed by atoms with Crippen LogP contribution >= 0.6 is 0 Å². The molecule has 0 aliphatic carbocycles. The fraction of sp³-hybridized carbons (Fsp3) is 0.500. The van der Waals surface area contributed by atoms with Gasteiger partial charge in [-0.2, -0.15) is 74.6 Å². The molecular formula is C16H6F17N. The molecule has 0 saturated carbocycles. The summed E-state index contributed by atoms with van der Waals surface area (Å²) in [4.78, 5) is 1.81. The van der Waals surface area contributed by atoms with Gasteiger partial charge in [0.2, 0.25) is 0 Å². The molecule has 18 heteroatoms. The van der Waals surface area contributed by atoms with Crippen molar-refractivity contribution < 1.29 is 74.6 Å². The summed E-state index contributed by atoms with van der Waals surface area (Å²) < 4.78 is 227. The molecule has 0 unspecified atom stereocenters. The SMILES string of the molecule is FC(F)(F)C(F)(F)C(F)(F)C(F)(F)C(F)(F)C(F)(F)C(F)(F)C(F)(F)c1c[nH]c2ccccc12. The van der Waals surface area contributed by atoms with E-state index in [2.05, 4.69) is 0 Å². The Bertz CT molecular complexity index is 1050. The lowest BCUT2D eigenvalue weighted by molar-refractivity contribution is -0.462. The topological polar surface area (TPSA) is 15.8 Å². The molecule has 0 spiro atoms. The van der Waals surface area contributed by atoms with Crippen molar-refractivity contribution in [3.05, 3.63) is 36.0 Å². The van der Waals surface area contributed by atoms with E-state index in [0.717, 1.165) is 18.2 Å². The minimum absolute atomic E-state index is 0.155. The van der Waals surface area contributed by atoms with Crippen LogP contribution in [0.3, 0.4) is 0 Å². The number of fused-ring (bicyclic) bond motifs is 1. The number of aromatic amines is 1. The number of hydrogen-bond acceptors (Lipinski definition) is 0. The number of alkyl halides is 17. The van der Waals surface area contributed by atoms with Crippen LogP contribution in [0.2, 0.25) is 0 Å². The lowest BCUT2D eigenvalue weighted by Gasteiger charge is -2.42. The van der Waals surface area contributed by atoms with E-state index >= 15 is 0 Å². The number of halogens is 17. The number of hydrogen-bond donors (Lipinski definition) is 1. The Morgan fingerprint density at radius 3 is 1.29 bits per heavy atom. The van der Waals surface area contributed by atoms with Crippen molar-refractivity contribution in [3.63, 3.8) is 0 Å². The first-order valence-corrected chi connectivity index (χ1v) is 8.12. The normalized spacial score (nSPS) is 15.8. The molecule has 1 N–H and O–H groups in total. The quantitative estimate of drug-likeness (QED) is 0.351. The van der Waals surface area contributed by atoms with Gasteiger partial charge in [-0.05, 0) is 6.07 Å². The highest BCUT2D eigenvalue weighted by Gasteiger charge is 2.95. The number of nitrogens with one attached hydrogen (secondary N) is 1. The summed E-state index contributed by atoms with van der Waals surface area (Å²) in [5.41, 5.74) is -2.75. The van der Waals surface area contributed by atoms with E-state index in [1.165, 1.54) is 0 Å². The molecule has 0 aliphatic rings. The van der Waals surface area contributed by atoms with Crippen molar-refractivity contribution in [3.8, 4) is 0 Å². The standard InChI is InChI=1S/C16H6F17N/c17-9(18,7-5-34-8-4-2-1-3-6(7)8)10(19,20)11(21,22)12(23,24)13(25,26)14(27,28)15(29,30)16(31,32)33/h1-5,34H. The van der Waals surface area contributed by atoms with Gasteiger partial charge in [-0.25, -0.2) is 0 Å². The Kier molecular flexibility index (Phi) is 5.96. The molecule has 0 atom stereocenters. The molecule has 0 saturated heterocycles. The van der Waals surface area contributed by atoms with E-state index in [0.29, 0.717) is 6.07 Å². The lowest BCUT2D eigenvalue weighted by Crippen LogP contribution is -2.74. The Morgan fingerprint density at radius 1 is 0.471 bits per heavy atom. The molecule has 1 nitrogen and oxygen atoms in total. The average Bonchev–Trinajstić information content (AvgIpc) is 3.11. The molecule has 0 amide bonds. The molecule has 0 bridgehead atoms. The van der Waals surface area contributed by atoms with Gasteiger partial charge in [0.05, 0.1) is 5.56 Å². The third-order valence-electron chi connectivity index (χ3n) is 4.65. The maximum atomic E-state index is 14.3. The second-order valence-corrected chi connectivity index (χ2v) is 6.77. The van der Waals surface area contributed by atoms with Gasteiger partial charge < -0.3 is 4.98 Å². The first kappa shape index (κ1) is 27.8. The molecule has 1 heterocycles. The van der Waals surface area contributed by atoms with Crippen molar-refractivity contribution in [1.29, 1.82) is 0 Å². The molecule has 194 valence electrons. The van der Waals surface area contributed by atoms with Crippen LogP contribution in [0.25, 0.3) is 10.9 Å². The number of para-hydroxylation sites is 1. The largest absolute Gasteiger partial charge is 0.460 e. The summed E-state index contributed by atoms with van der Waals surface area (Å²) in [6.45, 7) is 0. The molecule has 1 aromatic carbocycles. The Hall–Kier alpha value is -2.43. The number of H-pyrrole nitrogens is 1. The number of rotatable bonds is 7. The summed E-state index contributed by atoms with van der Waals surface area (Å²) in [7, 11) is 0. The summed E-state index contributed by atoms with van der Waals surface area (Å²) in [5, 5.41) is -1.06. The van der Waals surface area contributed by atoms with Crippen LogP contribution in [0.4, 0.5) is 74.6 Å². The summed E-state index contributed by atoms with van der Waals surface area (Å²) in [6.07, 6.45) is -7.93. The first-order chi connectivity index (χ1) is 14.8. The van der Waals surface area contributed by atoms with Gasteiger partial charge >= 0.3 is 47.6 Å². The van der Waals surface area contributed by atoms with Gasteiger partial charge in [0, 0.05) is 17.1 Å². The van der Waals surface area contributed by atoms with Crippen molar-refractivity contribution in [2.24, 2.45) is 0 Å². The van der Waals surface area contributed by atoms with Crippen LogP contribution in [0.1, 0.15) is 5.56 Å².